The number of nitrogens with one attached hydrogen (secondary N) is 1. The molecular weight excluding hydrogens is 244 g/mol. The van der Waals surface area contributed by atoms with Crippen LogP contribution in [-0.2, 0) is 17.7 Å². The summed E-state index contributed by atoms with van der Waals surface area (Å²) in [6.45, 7) is 6.67. The highest BCUT2D eigenvalue weighted by Crippen LogP contribution is 2.28. The second-order valence-electron chi connectivity index (χ2n) is 5.14. The first-order valence-electron chi connectivity index (χ1n) is 6.83. The lowest BCUT2D eigenvalue weighted by molar-refractivity contribution is 0.0191. The molecule has 1 saturated heterocycles. The van der Waals surface area contributed by atoms with Gasteiger partial charge in [0.05, 0.1) is 0 Å². The van der Waals surface area contributed by atoms with Crippen LogP contribution in [0.5, 0.6) is 0 Å². The molecule has 4 heteroatoms. The van der Waals surface area contributed by atoms with E-state index in [2.05, 4.69) is 23.7 Å². The van der Waals surface area contributed by atoms with Crippen molar-refractivity contribution in [3.05, 3.63) is 21.9 Å². The van der Waals surface area contributed by atoms with Crippen LogP contribution in [0.3, 0.4) is 0 Å². The summed E-state index contributed by atoms with van der Waals surface area (Å²) < 4.78 is 5.43. The molecule has 0 radical (unpaired) electrons. The Bertz CT molecular complexity index is 358. The number of rotatable bonds is 6. The second kappa shape index (κ2) is 6.66. The van der Waals surface area contributed by atoms with Crippen molar-refractivity contribution >= 4 is 11.3 Å². The SMILES string of the molecule is CCc1ccsc1CNCC1(CN)CCOCC1. The zero-order valence-corrected chi connectivity index (χ0v) is 12.0. The lowest BCUT2D eigenvalue weighted by Crippen LogP contribution is -2.44. The first-order valence-corrected chi connectivity index (χ1v) is 7.71. The summed E-state index contributed by atoms with van der Waals surface area (Å²) in [5.41, 5.74) is 7.69. The van der Waals surface area contributed by atoms with Crippen LogP contribution >= 0.6 is 11.3 Å². The first kappa shape index (κ1) is 14.0. The van der Waals surface area contributed by atoms with E-state index < -0.39 is 0 Å². The van der Waals surface area contributed by atoms with Gasteiger partial charge in [0, 0.05) is 31.2 Å². The lowest BCUT2D eigenvalue weighted by atomic mass is 9.80. The molecule has 3 nitrogen and oxygen atoms in total. The lowest BCUT2D eigenvalue weighted by Gasteiger charge is -2.36. The van der Waals surface area contributed by atoms with Crippen LogP contribution < -0.4 is 11.1 Å². The molecule has 1 fully saturated rings. The molecule has 0 bridgehead atoms. The van der Waals surface area contributed by atoms with Crippen LogP contribution in [-0.4, -0.2) is 26.3 Å². The van der Waals surface area contributed by atoms with E-state index in [9.17, 15) is 0 Å². The average molecular weight is 268 g/mol. The fourth-order valence-electron chi connectivity index (χ4n) is 2.54. The third-order valence-electron chi connectivity index (χ3n) is 3.99. The van der Waals surface area contributed by atoms with Crippen molar-refractivity contribution < 1.29 is 4.74 Å². The highest BCUT2D eigenvalue weighted by atomic mass is 32.1. The Labute approximate surface area is 114 Å². The molecule has 0 aromatic carbocycles. The summed E-state index contributed by atoms with van der Waals surface area (Å²) in [6, 6.07) is 2.23. The van der Waals surface area contributed by atoms with Crippen molar-refractivity contribution in [3.63, 3.8) is 0 Å². The van der Waals surface area contributed by atoms with Crippen LogP contribution in [0.4, 0.5) is 0 Å². The molecule has 1 aromatic heterocycles. The molecule has 102 valence electrons. The number of hydrogen-bond acceptors (Lipinski definition) is 4. The van der Waals surface area contributed by atoms with Gasteiger partial charge >= 0.3 is 0 Å². The van der Waals surface area contributed by atoms with E-state index in [1.54, 1.807) is 0 Å². The Morgan fingerprint density at radius 2 is 2.22 bits per heavy atom. The molecule has 0 saturated carbocycles. The van der Waals surface area contributed by atoms with E-state index in [4.69, 9.17) is 10.5 Å². The van der Waals surface area contributed by atoms with Gasteiger partial charge in [-0.2, -0.15) is 0 Å². The average Bonchev–Trinajstić information content (AvgIpc) is 2.87. The van der Waals surface area contributed by atoms with Crippen LogP contribution in [0.2, 0.25) is 0 Å². The molecule has 1 aliphatic rings. The van der Waals surface area contributed by atoms with Gasteiger partial charge < -0.3 is 15.8 Å². The van der Waals surface area contributed by atoms with Gasteiger partial charge in [-0.1, -0.05) is 6.92 Å². The summed E-state index contributed by atoms with van der Waals surface area (Å²) in [5.74, 6) is 0. The molecule has 1 aliphatic heterocycles. The highest BCUT2D eigenvalue weighted by Gasteiger charge is 2.30. The van der Waals surface area contributed by atoms with Crippen molar-refractivity contribution in [2.45, 2.75) is 32.7 Å². The van der Waals surface area contributed by atoms with Gasteiger partial charge in [0.25, 0.3) is 0 Å². The van der Waals surface area contributed by atoms with E-state index in [0.29, 0.717) is 0 Å². The van der Waals surface area contributed by atoms with E-state index in [1.807, 2.05) is 11.3 Å². The quantitative estimate of drug-likeness (QED) is 0.831. The third-order valence-corrected chi connectivity index (χ3v) is 4.95. The summed E-state index contributed by atoms with van der Waals surface area (Å²) in [4.78, 5) is 1.47. The molecule has 3 N–H and O–H groups in total. The van der Waals surface area contributed by atoms with Crippen molar-refractivity contribution in [1.29, 1.82) is 0 Å². The van der Waals surface area contributed by atoms with E-state index in [1.165, 1.54) is 10.4 Å². The van der Waals surface area contributed by atoms with E-state index in [0.717, 1.165) is 52.1 Å². The Balaban J connectivity index is 1.83. The maximum absolute atomic E-state index is 5.96. The zero-order valence-electron chi connectivity index (χ0n) is 11.2. The summed E-state index contributed by atoms with van der Waals surface area (Å²) in [7, 11) is 0. The summed E-state index contributed by atoms with van der Waals surface area (Å²) in [6.07, 6.45) is 3.29. The minimum Gasteiger partial charge on any atom is -0.381 e. The van der Waals surface area contributed by atoms with Crippen LogP contribution in [0.25, 0.3) is 0 Å². The van der Waals surface area contributed by atoms with Gasteiger partial charge in [-0.05, 0) is 48.2 Å². The largest absolute Gasteiger partial charge is 0.381 e. The Hall–Kier alpha value is -0.420. The standard InChI is InChI=1S/C14H24N2OS/c1-2-12-3-8-18-13(12)9-16-11-14(10-15)4-6-17-7-5-14/h3,8,16H,2,4-7,9-11,15H2,1H3. The number of nitrogens with two attached hydrogens (primary N) is 1. The second-order valence-corrected chi connectivity index (χ2v) is 6.14. The summed E-state index contributed by atoms with van der Waals surface area (Å²) >= 11 is 1.85. The first-order chi connectivity index (χ1) is 8.79. The van der Waals surface area contributed by atoms with Crippen LogP contribution in [0.15, 0.2) is 11.4 Å². The predicted octanol–water partition coefficient (Wildman–Crippen LogP) is 2.16. The summed E-state index contributed by atoms with van der Waals surface area (Å²) in [5, 5.41) is 5.78. The zero-order chi connectivity index (χ0) is 12.8. The molecule has 0 unspecified atom stereocenters. The Morgan fingerprint density at radius 1 is 1.44 bits per heavy atom. The molecule has 2 rings (SSSR count). The molecule has 0 atom stereocenters. The minimum absolute atomic E-state index is 0.252. The van der Waals surface area contributed by atoms with Crippen molar-refractivity contribution in [1.82, 2.24) is 5.32 Å². The molecule has 18 heavy (non-hydrogen) atoms. The van der Waals surface area contributed by atoms with Crippen molar-refractivity contribution in [2.24, 2.45) is 11.1 Å². The Kier molecular flexibility index (Phi) is 5.18. The molecule has 0 amide bonds. The van der Waals surface area contributed by atoms with Crippen molar-refractivity contribution in [3.8, 4) is 0 Å². The van der Waals surface area contributed by atoms with Gasteiger partial charge in [0.2, 0.25) is 0 Å². The normalized spacial score (nSPS) is 19.0. The Morgan fingerprint density at radius 3 is 2.89 bits per heavy atom. The predicted molar refractivity (Wildman–Crippen MR) is 76.9 cm³/mol. The third kappa shape index (κ3) is 3.32. The number of hydrogen-bond donors (Lipinski definition) is 2. The van der Waals surface area contributed by atoms with E-state index >= 15 is 0 Å². The van der Waals surface area contributed by atoms with Gasteiger partial charge in [-0.15, -0.1) is 11.3 Å². The molecule has 1 aromatic rings. The fourth-order valence-corrected chi connectivity index (χ4v) is 3.48. The van der Waals surface area contributed by atoms with Gasteiger partial charge in [-0.25, -0.2) is 0 Å². The monoisotopic (exact) mass is 268 g/mol. The van der Waals surface area contributed by atoms with Crippen LogP contribution in [0, 0.1) is 5.41 Å². The number of aryl methyl sites for hydroxylation is 1. The maximum Gasteiger partial charge on any atom is 0.0472 e. The molecular formula is C14H24N2OS. The smallest absolute Gasteiger partial charge is 0.0472 e. The van der Waals surface area contributed by atoms with Gasteiger partial charge in [0.15, 0.2) is 0 Å². The fraction of sp³-hybridized carbons (Fsp3) is 0.714. The highest BCUT2D eigenvalue weighted by molar-refractivity contribution is 7.10. The number of thiophene rings is 1. The van der Waals surface area contributed by atoms with Crippen LogP contribution in [0.1, 0.15) is 30.2 Å². The van der Waals surface area contributed by atoms with Gasteiger partial charge in [-0.3, -0.25) is 0 Å². The number of ether oxygens (including phenoxy) is 1. The maximum atomic E-state index is 5.96. The minimum atomic E-state index is 0.252. The topological polar surface area (TPSA) is 47.3 Å². The molecule has 0 spiro atoms. The molecule has 0 aliphatic carbocycles. The van der Waals surface area contributed by atoms with E-state index in [-0.39, 0.29) is 5.41 Å². The van der Waals surface area contributed by atoms with Gasteiger partial charge in [0.1, 0.15) is 0 Å². The molecule has 2 heterocycles. The van der Waals surface area contributed by atoms with Crippen molar-refractivity contribution in [2.75, 3.05) is 26.3 Å².